The molecule has 3 fully saturated rings. The first-order valence-corrected chi connectivity index (χ1v) is 12.3. The maximum absolute atomic E-state index is 12.1. The average Bonchev–Trinajstić information content (AvgIpc) is 3.26. The largest absolute Gasteiger partial charge is 0.463 e. The number of carbonyl (C=O) groups is 6. The zero-order chi connectivity index (χ0) is 29.7. The zero-order valence-corrected chi connectivity index (χ0v) is 22.7. The summed E-state index contributed by atoms with van der Waals surface area (Å²) in [4.78, 5) is 71.5. The Labute approximate surface area is 228 Å². The number of rotatable bonds is 9. The Bertz CT molecular complexity index is 965. The fraction of sp³-hybridized carbons (Fsp3) is 0.750. The van der Waals surface area contributed by atoms with Gasteiger partial charge in [-0.3, -0.25) is 28.8 Å². The van der Waals surface area contributed by atoms with E-state index in [0.717, 1.165) is 41.5 Å². The molecule has 3 aliphatic rings. The van der Waals surface area contributed by atoms with Crippen LogP contribution in [-0.4, -0.2) is 110 Å². The van der Waals surface area contributed by atoms with Crippen molar-refractivity contribution >= 4 is 35.8 Å². The molecule has 0 radical (unpaired) electrons. The van der Waals surface area contributed by atoms with E-state index in [9.17, 15) is 28.8 Å². The molecule has 10 atom stereocenters. The van der Waals surface area contributed by atoms with Gasteiger partial charge in [0.05, 0.1) is 6.61 Å². The van der Waals surface area contributed by atoms with Crippen LogP contribution in [-0.2, 0) is 76.1 Å². The molecule has 0 spiro atoms. The third-order valence-electron chi connectivity index (χ3n) is 5.86. The molecule has 0 unspecified atom stereocenters. The second-order valence-corrected chi connectivity index (χ2v) is 9.19. The minimum absolute atomic E-state index is 0.0290. The smallest absolute Gasteiger partial charge is 0.303 e. The summed E-state index contributed by atoms with van der Waals surface area (Å²) in [6.45, 7) is 6.12. The molecule has 3 aliphatic heterocycles. The number of fused-ring (bicyclic) bond motifs is 2. The van der Waals surface area contributed by atoms with E-state index in [0.29, 0.717) is 0 Å². The van der Waals surface area contributed by atoms with Crippen molar-refractivity contribution in [3.05, 3.63) is 0 Å². The Kier molecular flexibility index (Phi) is 10.4. The summed E-state index contributed by atoms with van der Waals surface area (Å²) in [5, 5.41) is 0. The van der Waals surface area contributed by atoms with Gasteiger partial charge in [0, 0.05) is 41.5 Å². The molecule has 3 heterocycles. The third kappa shape index (κ3) is 7.87. The van der Waals surface area contributed by atoms with Gasteiger partial charge >= 0.3 is 35.8 Å². The van der Waals surface area contributed by atoms with Gasteiger partial charge in [0.15, 0.2) is 43.1 Å². The molecule has 0 saturated carbocycles. The molecule has 0 amide bonds. The van der Waals surface area contributed by atoms with Crippen LogP contribution in [0.25, 0.3) is 0 Å². The normalized spacial score (nSPS) is 34.6. The summed E-state index contributed by atoms with van der Waals surface area (Å²) in [6.07, 6.45) is -13.1. The van der Waals surface area contributed by atoms with Crippen molar-refractivity contribution in [1.29, 1.82) is 0 Å². The van der Waals surface area contributed by atoms with Crippen molar-refractivity contribution in [3.63, 3.8) is 0 Å². The van der Waals surface area contributed by atoms with E-state index >= 15 is 0 Å². The maximum Gasteiger partial charge on any atom is 0.303 e. The van der Waals surface area contributed by atoms with Crippen LogP contribution in [0, 0.1) is 0 Å². The second kappa shape index (κ2) is 13.3. The maximum atomic E-state index is 12.1. The summed E-state index contributed by atoms with van der Waals surface area (Å²) in [5.41, 5.74) is 0. The van der Waals surface area contributed by atoms with Crippen molar-refractivity contribution < 1.29 is 76.1 Å². The van der Waals surface area contributed by atoms with E-state index < -0.39 is 104 Å². The molecule has 224 valence electrons. The lowest BCUT2D eigenvalue weighted by Gasteiger charge is -2.47. The molecule has 0 aromatic heterocycles. The van der Waals surface area contributed by atoms with Crippen molar-refractivity contribution in [2.45, 2.75) is 103 Å². The van der Waals surface area contributed by atoms with Crippen LogP contribution >= 0.6 is 0 Å². The van der Waals surface area contributed by atoms with E-state index in [1.165, 1.54) is 0 Å². The molecule has 3 rings (SSSR count). The summed E-state index contributed by atoms with van der Waals surface area (Å²) in [7, 11) is 0. The number of carbonyl (C=O) groups excluding carboxylic acids is 6. The molecule has 0 aliphatic carbocycles. The van der Waals surface area contributed by atoms with Crippen LogP contribution in [0.2, 0.25) is 0 Å². The molecule has 2 bridgehead atoms. The lowest BCUT2D eigenvalue weighted by Crippen LogP contribution is -2.66. The number of hydrogen-bond donors (Lipinski definition) is 0. The van der Waals surface area contributed by atoms with Crippen LogP contribution in [0.15, 0.2) is 0 Å². The molecule has 16 heteroatoms. The highest BCUT2D eigenvalue weighted by Gasteiger charge is 2.59. The number of hydrogen-bond acceptors (Lipinski definition) is 16. The summed E-state index contributed by atoms with van der Waals surface area (Å²) < 4.78 is 55.4. The Morgan fingerprint density at radius 1 is 0.575 bits per heavy atom. The molecule has 3 saturated heterocycles. The lowest BCUT2D eigenvalue weighted by molar-refractivity contribution is -0.344. The quantitative estimate of drug-likeness (QED) is 0.241. The van der Waals surface area contributed by atoms with Crippen molar-refractivity contribution in [3.8, 4) is 0 Å². The molecule has 16 nitrogen and oxygen atoms in total. The van der Waals surface area contributed by atoms with E-state index in [1.54, 1.807) is 0 Å². The monoisotopic (exact) mass is 576 g/mol. The Morgan fingerprint density at radius 2 is 1.07 bits per heavy atom. The van der Waals surface area contributed by atoms with Crippen molar-refractivity contribution in [2.75, 3.05) is 13.2 Å². The predicted molar refractivity (Wildman–Crippen MR) is 123 cm³/mol. The van der Waals surface area contributed by atoms with Gasteiger partial charge in [-0.25, -0.2) is 0 Å². The minimum Gasteiger partial charge on any atom is -0.463 e. The SMILES string of the molecule is CC(=O)OC[C@H]1O[C@@H](O[C@@H]2[C@@H](OC(C)=O)[C@@H]3OC[C@@H](O3)[C@H]2OC(C)=O)[C@H](OC(C)=O)[C@@H](OC(C)=O)[C@H]1OC(C)=O. The molecule has 0 aromatic rings. The van der Waals surface area contributed by atoms with E-state index in [4.69, 9.17) is 47.4 Å². The van der Waals surface area contributed by atoms with Crippen LogP contribution in [0.3, 0.4) is 0 Å². The summed E-state index contributed by atoms with van der Waals surface area (Å²) >= 11 is 0. The van der Waals surface area contributed by atoms with Gasteiger partial charge in [-0.1, -0.05) is 0 Å². The van der Waals surface area contributed by atoms with E-state index in [2.05, 4.69) is 0 Å². The van der Waals surface area contributed by atoms with Gasteiger partial charge in [0.1, 0.15) is 24.9 Å². The molecule has 0 aromatic carbocycles. The molecular weight excluding hydrogens is 544 g/mol. The first-order valence-electron chi connectivity index (χ1n) is 12.3. The summed E-state index contributed by atoms with van der Waals surface area (Å²) in [5.74, 6) is -4.63. The van der Waals surface area contributed by atoms with Gasteiger partial charge in [0.25, 0.3) is 0 Å². The first kappa shape index (κ1) is 31.2. The van der Waals surface area contributed by atoms with Crippen LogP contribution in [0.5, 0.6) is 0 Å². The van der Waals surface area contributed by atoms with Gasteiger partial charge in [-0.2, -0.15) is 0 Å². The van der Waals surface area contributed by atoms with Gasteiger partial charge in [-0.05, 0) is 0 Å². The van der Waals surface area contributed by atoms with Crippen molar-refractivity contribution in [2.24, 2.45) is 0 Å². The third-order valence-corrected chi connectivity index (χ3v) is 5.86. The Morgan fingerprint density at radius 3 is 1.62 bits per heavy atom. The lowest BCUT2D eigenvalue weighted by atomic mass is 9.96. The van der Waals surface area contributed by atoms with Crippen molar-refractivity contribution in [1.82, 2.24) is 0 Å². The number of esters is 6. The molecule has 0 N–H and O–H groups in total. The standard InChI is InChI=1S/C24H32O16/c1-9(25)31-7-15-17(33-10(2)26)19(35-12(4)28)22(37-14(6)30)24(39-15)40-20-18(34-11(3)27)16-8-32-23(38-16)21(20)36-13(5)29/h15-24H,7-8H2,1-6H3/t15-,16-,17+,18-,19+,20+,21-,22-,23-,24+/m1/s1. The first-order chi connectivity index (χ1) is 18.8. The fourth-order valence-corrected chi connectivity index (χ4v) is 4.60. The van der Waals surface area contributed by atoms with Crippen LogP contribution in [0.1, 0.15) is 41.5 Å². The van der Waals surface area contributed by atoms with E-state index in [1.807, 2.05) is 0 Å². The van der Waals surface area contributed by atoms with Gasteiger partial charge < -0.3 is 47.4 Å². The van der Waals surface area contributed by atoms with Gasteiger partial charge in [-0.15, -0.1) is 0 Å². The highest BCUT2D eigenvalue weighted by atomic mass is 16.8. The zero-order valence-electron chi connectivity index (χ0n) is 22.7. The fourth-order valence-electron chi connectivity index (χ4n) is 4.60. The second-order valence-electron chi connectivity index (χ2n) is 9.19. The molecule has 40 heavy (non-hydrogen) atoms. The highest BCUT2D eigenvalue weighted by Crippen LogP contribution is 2.37. The number of ether oxygens (including phenoxy) is 10. The molecular formula is C24H32O16. The van der Waals surface area contributed by atoms with E-state index in [-0.39, 0.29) is 6.61 Å². The summed E-state index contributed by atoms with van der Waals surface area (Å²) in [6, 6.07) is 0. The Balaban J connectivity index is 2.05. The minimum atomic E-state index is -1.63. The van der Waals surface area contributed by atoms with Crippen LogP contribution in [0.4, 0.5) is 0 Å². The van der Waals surface area contributed by atoms with Crippen LogP contribution < -0.4 is 0 Å². The topological polar surface area (TPSA) is 195 Å². The Hall–Kier alpha value is -3.34. The average molecular weight is 577 g/mol. The predicted octanol–water partition coefficient (Wildman–Crippen LogP) is -0.927. The van der Waals surface area contributed by atoms with Gasteiger partial charge in [0.2, 0.25) is 0 Å². The highest BCUT2D eigenvalue weighted by molar-refractivity contribution is 5.69.